The monoisotopic (exact) mass is 369 g/mol. The molecule has 24 heavy (non-hydrogen) atoms. The SMILES string of the molecule is Cc1c(F)c(F)c(-c2c(F)c(N)c(C(C)S)c(F)c2F)c(F)c1F. The van der Waals surface area contributed by atoms with Crippen molar-refractivity contribution in [3.8, 4) is 11.1 Å². The highest BCUT2D eigenvalue weighted by atomic mass is 32.1. The third kappa shape index (κ3) is 2.51. The fourth-order valence-corrected chi connectivity index (χ4v) is 2.54. The second-order valence-corrected chi connectivity index (χ2v) is 5.85. The van der Waals surface area contributed by atoms with Crippen molar-refractivity contribution in [1.82, 2.24) is 0 Å². The summed E-state index contributed by atoms with van der Waals surface area (Å²) in [5.74, 6) is -13.3. The number of anilines is 1. The van der Waals surface area contributed by atoms with Crippen LogP contribution >= 0.6 is 12.6 Å². The second-order valence-electron chi connectivity index (χ2n) is 5.08. The fourth-order valence-electron chi connectivity index (χ4n) is 2.28. The van der Waals surface area contributed by atoms with E-state index in [1.54, 1.807) is 0 Å². The zero-order valence-electron chi connectivity index (χ0n) is 12.2. The maximum absolute atomic E-state index is 14.3. The van der Waals surface area contributed by atoms with Gasteiger partial charge in [0, 0.05) is 16.4 Å². The van der Waals surface area contributed by atoms with E-state index in [9.17, 15) is 30.7 Å². The predicted octanol–water partition coefficient (Wildman–Crippen LogP) is 5.21. The Hall–Kier alpha value is -1.90. The molecule has 1 nitrogen and oxygen atoms in total. The molecular formula is C15H10F7NS. The van der Waals surface area contributed by atoms with Crippen LogP contribution in [0.1, 0.15) is 23.3 Å². The largest absolute Gasteiger partial charge is 0.396 e. The molecule has 1 unspecified atom stereocenters. The average molecular weight is 369 g/mol. The maximum atomic E-state index is 14.3. The molecule has 9 heteroatoms. The third-order valence-corrected chi connectivity index (χ3v) is 3.80. The van der Waals surface area contributed by atoms with Gasteiger partial charge in [-0.25, -0.2) is 30.7 Å². The molecule has 0 fully saturated rings. The van der Waals surface area contributed by atoms with Gasteiger partial charge in [0.25, 0.3) is 0 Å². The molecule has 0 aliphatic rings. The molecule has 0 aliphatic heterocycles. The smallest absolute Gasteiger partial charge is 0.170 e. The number of rotatable bonds is 2. The Morgan fingerprint density at radius 3 is 1.50 bits per heavy atom. The minimum Gasteiger partial charge on any atom is -0.396 e. The molecule has 0 spiro atoms. The van der Waals surface area contributed by atoms with Crippen molar-refractivity contribution in [1.29, 1.82) is 0 Å². The lowest BCUT2D eigenvalue weighted by molar-refractivity contribution is 0.444. The first kappa shape index (κ1) is 18.4. The summed E-state index contributed by atoms with van der Waals surface area (Å²) in [6.45, 7) is 1.98. The second kappa shape index (κ2) is 6.19. The number of thiol groups is 1. The molecule has 0 saturated heterocycles. The van der Waals surface area contributed by atoms with Gasteiger partial charge in [-0.05, 0) is 13.8 Å². The van der Waals surface area contributed by atoms with Crippen molar-refractivity contribution in [2.24, 2.45) is 0 Å². The van der Waals surface area contributed by atoms with Crippen molar-refractivity contribution in [3.05, 3.63) is 51.8 Å². The summed E-state index contributed by atoms with van der Waals surface area (Å²) in [6, 6.07) is 0. The van der Waals surface area contributed by atoms with E-state index in [1.807, 2.05) is 0 Å². The van der Waals surface area contributed by atoms with Crippen molar-refractivity contribution in [2.45, 2.75) is 19.1 Å². The molecule has 2 aromatic rings. The Bertz CT molecular complexity index is 791. The van der Waals surface area contributed by atoms with E-state index >= 15 is 0 Å². The van der Waals surface area contributed by atoms with Gasteiger partial charge in [0.2, 0.25) is 0 Å². The Balaban J connectivity index is 3.01. The first-order valence-corrected chi connectivity index (χ1v) is 7.00. The molecular weight excluding hydrogens is 359 g/mol. The summed E-state index contributed by atoms with van der Waals surface area (Å²) >= 11 is 3.81. The van der Waals surface area contributed by atoms with Crippen LogP contribution in [0, 0.1) is 47.6 Å². The van der Waals surface area contributed by atoms with Gasteiger partial charge in [0.15, 0.2) is 40.7 Å². The van der Waals surface area contributed by atoms with Crippen LogP contribution in [-0.2, 0) is 0 Å². The average Bonchev–Trinajstić information content (AvgIpc) is 2.52. The van der Waals surface area contributed by atoms with Crippen LogP contribution in [0.3, 0.4) is 0 Å². The maximum Gasteiger partial charge on any atom is 0.170 e. The quantitative estimate of drug-likeness (QED) is 0.323. The molecule has 0 aliphatic carbocycles. The molecule has 0 saturated carbocycles. The van der Waals surface area contributed by atoms with Gasteiger partial charge in [0.1, 0.15) is 0 Å². The van der Waals surface area contributed by atoms with Crippen LogP contribution in [0.15, 0.2) is 0 Å². The molecule has 1 atom stereocenters. The number of hydrogen-bond donors (Lipinski definition) is 2. The van der Waals surface area contributed by atoms with E-state index in [2.05, 4.69) is 12.6 Å². The summed E-state index contributed by atoms with van der Waals surface area (Å²) in [5, 5.41) is -1.05. The van der Waals surface area contributed by atoms with Crippen LogP contribution in [0.4, 0.5) is 36.4 Å². The normalized spacial score (nSPS) is 12.6. The number of hydrogen-bond acceptors (Lipinski definition) is 2. The lowest BCUT2D eigenvalue weighted by Crippen LogP contribution is -2.11. The summed E-state index contributed by atoms with van der Waals surface area (Å²) in [6.07, 6.45) is 0. The number of nitrogens with two attached hydrogens (primary N) is 1. The van der Waals surface area contributed by atoms with Crippen molar-refractivity contribution >= 4 is 18.3 Å². The summed E-state index contributed by atoms with van der Waals surface area (Å²) in [7, 11) is 0. The minimum atomic E-state index is -2.06. The summed E-state index contributed by atoms with van der Waals surface area (Å²) < 4.78 is 97.8. The van der Waals surface area contributed by atoms with E-state index < -0.39 is 73.9 Å². The van der Waals surface area contributed by atoms with Gasteiger partial charge >= 0.3 is 0 Å². The van der Waals surface area contributed by atoms with Crippen molar-refractivity contribution < 1.29 is 30.7 Å². The van der Waals surface area contributed by atoms with Crippen LogP contribution in [-0.4, -0.2) is 0 Å². The minimum absolute atomic E-state index is 0.675. The van der Waals surface area contributed by atoms with E-state index in [0.29, 0.717) is 0 Å². The predicted molar refractivity (Wildman–Crippen MR) is 78.1 cm³/mol. The highest BCUT2D eigenvalue weighted by Crippen LogP contribution is 2.41. The van der Waals surface area contributed by atoms with Gasteiger partial charge in [-0.3, -0.25) is 0 Å². The van der Waals surface area contributed by atoms with E-state index in [1.165, 1.54) is 6.92 Å². The lowest BCUT2D eigenvalue weighted by atomic mass is 9.96. The van der Waals surface area contributed by atoms with Gasteiger partial charge in [-0.1, -0.05) is 0 Å². The standard InChI is InChI=1S/C15H10F7NS/c1-3-8(16)11(19)6(12(20)9(3)17)7-13(21)10(18)5(4(2)24)15(23)14(7)22/h4,24H,23H2,1-2H3. The van der Waals surface area contributed by atoms with Crippen LogP contribution < -0.4 is 5.73 Å². The molecule has 2 aromatic carbocycles. The molecule has 0 amide bonds. The van der Waals surface area contributed by atoms with E-state index in [-0.39, 0.29) is 0 Å². The summed E-state index contributed by atoms with van der Waals surface area (Å²) in [4.78, 5) is 0. The Morgan fingerprint density at radius 2 is 1.08 bits per heavy atom. The highest BCUT2D eigenvalue weighted by Gasteiger charge is 2.32. The molecule has 0 radical (unpaired) electrons. The molecule has 0 aromatic heterocycles. The van der Waals surface area contributed by atoms with E-state index in [4.69, 9.17) is 5.73 Å². The Kier molecular flexibility index (Phi) is 4.76. The van der Waals surface area contributed by atoms with Gasteiger partial charge < -0.3 is 5.73 Å². The molecule has 0 heterocycles. The molecule has 2 rings (SSSR count). The molecule has 2 N–H and O–H groups in total. The molecule has 130 valence electrons. The van der Waals surface area contributed by atoms with Gasteiger partial charge in [-0.2, -0.15) is 12.6 Å². The first-order chi connectivity index (χ1) is 11.0. The van der Waals surface area contributed by atoms with Crippen LogP contribution in [0.2, 0.25) is 0 Å². The Labute approximate surface area is 137 Å². The zero-order valence-corrected chi connectivity index (χ0v) is 13.1. The zero-order chi connectivity index (χ0) is 18.5. The fraction of sp³-hybridized carbons (Fsp3) is 0.200. The molecule has 0 bridgehead atoms. The van der Waals surface area contributed by atoms with E-state index in [0.717, 1.165) is 6.92 Å². The number of nitrogen functional groups attached to an aromatic ring is 1. The Morgan fingerprint density at radius 1 is 0.708 bits per heavy atom. The first-order valence-electron chi connectivity index (χ1n) is 6.49. The number of benzene rings is 2. The van der Waals surface area contributed by atoms with Crippen molar-refractivity contribution in [2.75, 3.05) is 5.73 Å². The summed E-state index contributed by atoms with van der Waals surface area (Å²) in [5.41, 5.74) is -0.673. The highest BCUT2D eigenvalue weighted by molar-refractivity contribution is 7.80. The third-order valence-electron chi connectivity index (χ3n) is 3.55. The van der Waals surface area contributed by atoms with Gasteiger partial charge in [-0.15, -0.1) is 0 Å². The number of halogens is 7. The van der Waals surface area contributed by atoms with Crippen molar-refractivity contribution in [3.63, 3.8) is 0 Å². The van der Waals surface area contributed by atoms with Gasteiger partial charge in [0.05, 0.1) is 16.8 Å². The van der Waals surface area contributed by atoms with Crippen LogP contribution in [0.25, 0.3) is 11.1 Å². The lowest BCUT2D eigenvalue weighted by Gasteiger charge is -2.17. The van der Waals surface area contributed by atoms with Crippen LogP contribution in [0.5, 0.6) is 0 Å². The topological polar surface area (TPSA) is 26.0 Å².